The van der Waals surface area contributed by atoms with Gasteiger partial charge in [-0.2, -0.15) is 0 Å². The number of aromatic nitrogens is 4. The summed E-state index contributed by atoms with van der Waals surface area (Å²) in [5.41, 5.74) is 8.66. The van der Waals surface area contributed by atoms with Gasteiger partial charge in [0, 0.05) is 56.7 Å². The number of carbonyl (C=O) groups is 1. The van der Waals surface area contributed by atoms with Gasteiger partial charge < -0.3 is 21.3 Å². The van der Waals surface area contributed by atoms with Gasteiger partial charge in [-0.1, -0.05) is 107 Å². The molecule has 8 aromatic rings. The van der Waals surface area contributed by atoms with Crippen molar-refractivity contribution in [2.24, 2.45) is 0 Å². The van der Waals surface area contributed by atoms with Crippen LogP contribution >= 0.6 is 46.4 Å². The van der Waals surface area contributed by atoms with E-state index in [0.29, 0.717) is 53.9 Å². The second-order valence-electron chi connectivity index (χ2n) is 11.5. The van der Waals surface area contributed by atoms with Crippen LogP contribution in [0.25, 0.3) is 21.8 Å². The molecule has 1 atom stereocenters. The zero-order valence-corrected chi connectivity index (χ0v) is 31.8. The molecule has 0 radical (unpaired) electrons. The first-order chi connectivity index (χ1) is 26.6. The Morgan fingerprint density at radius 1 is 0.600 bits per heavy atom. The van der Waals surface area contributed by atoms with Crippen LogP contribution in [0.3, 0.4) is 0 Å². The Morgan fingerprint density at radius 2 is 1.22 bits per heavy atom. The molecular formula is C42H32Cl4N6O3. The lowest BCUT2D eigenvalue weighted by atomic mass is 9.96. The number of phenolic OH excluding ortho intramolecular Hbond substituents is 2. The fourth-order valence-corrected chi connectivity index (χ4v) is 5.69. The summed E-state index contributed by atoms with van der Waals surface area (Å²) in [6.07, 6.45) is 7.18. The molecule has 0 spiro atoms. The van der Waals surface area contributed by atoms with Crippen molar-refractivity contribution < 1.29 is 15.0 Å². The molecule has 55 heavy (non-hydrogen) atoms. The number of hydrogen-bond donors (Lipinski definition) is 4. The largest absolute Gasteiger partial charge is 0.506 e. The predicted octanol–water partition coefficient (Wildman–Crippen LogP) is 11.3. The Kier molecular flexibility index (Phi) is 14.6. The summed E-state index contributed by atoms with van der Waals surface area (Å²) in [5.74, 6) is 1.49. The van der Waals surface area contributed by atoms with Crippen LogP contribution in [0.1, 0.15) is 27.5 Å². The van der Waals surface area contributed by atoms with Gasteiger partial charge in [0.1, 0.15) is 40.5 Å². The predicted molar refractivity (Wildman–Crippen MR) is 223 cm³/mol. The van der Waals surface area contributed by atoms with Crippen molar-refractivity contribution in [1.82, 2.24) is 19.9 Å². The van der Waals surface area contributed by atoms with Crippen LogP contribution < -0.4 is 11.1 Å². The van der Waals surface area contributed by atoms with Crippen LogP contribution in [0.4, 0.5) is 11.6 Å². The summed E-state index contributed by atoms with van der Waals surface area (Å²) in [7, 11) is 0. The number of nitrogens with two attached hydrogens (primary N) is 1. The quantitative estimate of drug-likeness (QED) is 0.125. The van der Waals surface area contributed by atoms with Crippen molar-refractivity contribution in [3.63, 3.8) is 0 Å². The van der Waals surface area contributed by atoms with Crippen LogP contribution in [0.2, 0.25) is 20.1 Å². The van der Waals surface area contributed by atoms with Gasteiger partial charge in [0.15, 0.2) is 0 Å². The van der Waals surface area contributed by atoms with Crippen LogP contribution in [0.15, 0.2) is 152 Å². The summed E-state index contributed by atoms with van der Waals surface area (Å²) in [6, 6.07) is 37.5. The van der Waals surface area contributed by atoms with Crippen LogP contribution in [-0.4, -0.2) is 36.4 Å². The zero-order chi connectivity index (χ0) is 39.2. The smallest absolute Gasteiger partial charge is 0.150 e. The fourth-order valence-electron chi connectivity index (χ4n) is 5.07. The number of nitrogens with one attached hydrogen (secondary N) is 1. The van der Waals surface area contributed by atoms with E-state index in [-0.39, 0.29) is 17.5 Å². The van der Waals surface area contributed by atoms with Crippen molar-refractivity contribution in [3.05, 3.63) is 189 Å². The number of aromatic hydroxyl groups is 2. The van der Waals surface area contributed by atoms with Gasteiger partial charge in [-0.3, -0.25) is 14.8 Å². The maximum absolute atomic E-state index is 10.9. The van der Waals surface area contributed by atoms with E-state index in [9.17, 15) is 15.0 Å². The summed E-state index contributed by atoms with van der Waals surface area (Å²) < 4.78 is 0. The van der Waals surface area contributed by atoms with E-state index in [2.05, 4.69) is 25.3 Å². The number of fused-ring (bicyclic) bond motifs is 2. The van der Waals surface area contributed by atoms with Crippen LogP contribution in [0.5, 0.6) is 11.5 Å². The molecule has 0 aliphatic heterocycles. The number of nitrogen functional groups attached to an aromatic ring is 1. The maximum Gasteiger partial charge on any atom is 0.150 e. The number of hydrogen-bond acceptors (Lipinski definition) is 9. The maximum atomic E-state index is 10.9. The third-order valence-electron chi connectivity index (χ3n) is 7.64. The van der Waals surface area contributed by atoms with E-state index in [1.165, 1.54) is 6.20 Å². The average Bonchev–Trinajstić information content (AvgIpc) is 3.20. The third kappa shape index (κ3) is 11.8. The standard InChI is InChI=1S/C21H15Cl2N3O.C9H7NO.C7H5ClO.C5H5ClN2/c22-15-5-1-3-14(11-15)19(26-18-9-7-16(23)12-25-18)17-8-6-13-4-2-10-24-20(13)21(17)27;11-8-5-1-3-7-4-2-6-10-9(7)8;8-7-3-1-2-6(4-7)5-9;6-4-1-2-5(7)8-3-4/h1-12,19,27H,(H,25,26);1-6,11H;1-5H;1-3H,(H2,7,8). The number of benzene rings is 4. The highest BCUT2D eigenvalue weighted by atomic mass is 35.5. The number of nitrogens with zero attached hydrogens (tertiary/aromatic N) is 4. The summed E-state index contributed by atoms with van der Waals surface area (Å²) >= 11 is 23.2. The van der Waals surface area contributed by atoms with Gasteiger partial charge in [-0.05, 0) is 72.3 Å². The third-order valence-corrected chi connectivity index (χ3v) is 8.56. The van der Waals surface area contributed by atoms with Crippen molar-refractivity contribution in [1.29, 1.82) is 0 Å². The molecule has 1 unspecified atom stereocenters. The molecule has 4 aromatic carbocycles. The Hall–Kier alpha value is -5.97. The van der Waals surface area contributed by atoms with Crippen LogP contribution in [0, 0.1) is 0 Å². The lowest BCUT2D eigenvalue weighted by molar-refractivity contribution is 0.112. The molecular weight excluding hydrogens is 778 g/mol. The van der Waals surface area contributed by atoms with E-state index >= 15 is 0 Å². The van der Waals surface area contributed by atoms with Gasteiger partial charge in [0.2, 0.25) is 0 Å². The minimum atomic E-state index is -0.371. The number of carbonyl (C=O) groups excluding carboxylic acids is 1. The molecule has 276 valence electrons. The lowest BCUT2D eigenvalue weighted by Crippen LogP contribution is -2.13. The molecule has 4 aromatic heterocycles. The number of halogens is 4. The number of anilines is 2. The lowest BCUT2D eigenvalue weighted by Gasteiger charge is -2.22. The molecule has 0 aliphatic rings. The minimum absolute atomic E-state index is 0.125. The highest BCUT2D eigenvalue weighted by Gasteiger charge is 2.20. The number of para-hydroxylation sites is 1. The molecule has 0 fully saturated rings. The number of rotatable bonds is 5. The Balaban J connectivity index is 0.000000168. The normalized spacial score (nSPS) is 10.8. The van der Waals surface area contributed by atoms with Gasteiger partial charge in [0.05, 0.1) is 16.1 Å². The van der Waals surface area contributed by atoms with E-state index in [0.717, 1.165) is 22.6 Å². The zero-order valence-electron chi connectivity index (χ0n) is 28.8. The number of phenols is 2. The first kappa shape index (κ1) is 40.2. The van der Waals surface area contributed by atoms with E-state index in [4.69, 9.17) is 52.1 Å². The molecule has 0 saturated carbocycles. The second-order valence-corrected chi connectivity index (χ2v) is 13.2. The topological polar surface area (TPSA) is 147 Å². The van der Waals surface area contributed by atoms with Gasteiger partial charge in [-0.25, -0.2) is 9.97 Å². The highest BCUT2D eigenvalue weighted by molar-refractivity contribution is 6.31. The second kappa shape index (κ2) is 19.9. The van der Waals surface area contributed by atoms with E-state index < -0.39 is 0 Å². The Morgan fingerprint density at radius 3 is 1.80 bits per heavy atom. The molecule has 0 saturated heterocycles. The SMILES string of the molecule is Nc1ccc(Cl)cn1.O=Cc1cccc(Cl)c1.Oc1c(C(Nc2ccc(Cl)cn2)c2cccc(Cl)c2)ccc2cccnc12.Oc1cccc2cccnc12. The molecule has 0 amide bonds. The fraction of sp³-hybridized carbons (Fsp3) is 0.0238. The molecule has 0 aliphatic carbocycles. The minimum Gasteiger partial charge on any atom is -0.506 e. The monoisotopic (exact) mass is 808 g/mol. The highest BCUT2D eigenvalue weighted by Crippen LogP contribution is 2.37. The molecule has 8 rings (SSSR count). The Bertz CT molecular complexity index is 2460. The Labute approximate surface area is 337 Å². The van der Waals surface area contributed by atoms with E-state index in [1.807, 2.05) is 66.7 Å². The molecule has 0 bridgehead atoms. The van der Waals surface area contributed by atoms with Crippen molar-refractivity contribution in [3.8, 4) is 11.5 Å². The first-order valence-corrected chi connectivity index (χ1v) is 17.9. The average molecular weight is 811 g/mol. The summed E-state index contributed by atoms with van der Waals surface area (Å²) in [5, 5.41) is 27.8. The van der Waals surface area contributed by atoms with Crippen molar-refractivity contribution in [2.45, 2.75) is 6.04 Å². The molecule has 13 heteroatoms. The first-order valence-electron chi connectivity index (χ1n) is 16.4. The summed E-state index contributed by atoms with van der Waals surface area (Å²) in [6.45, 7) is 0. The van der Waals surface area contributed by atoms with Gasteiger partial charge in [-0.15, -0.1) is 0 Å². The summed E-state index contributed by atoms with van der Waals surface area (Å²) in [4.78, 5) is 26.5. The molecule has 4 heterocycles. The number of aldehydes is 1. The molecule has 9 nitrogen and oxygen atoms in total. The van der Waals surface area contributed by atoms with Crippen LogP contribution in [-0.2, 0) is 0 Å². The number of pyridine rings is 4. The van der Waals surface area contributed by atoms with Crippen molar-refractivity contribution >= 4 is 86.1 Å². The van der Waals surface area contributed by atoms with Crippen molar-refractivity contribution in [2.75, 3.05) is 11.1 Å². The van der Waals surface area contributed by atoms with Gasteiger partial charge >= 0.3 is 0 Å². The van der Waals surface area contributed by atoms with E-state index in [1.54, 1.807) is 79.3 Å². The molecule has 5 N–H and O–H groups in total. The van der Waals surface area contributed by atoms with Gasteiger partial charge in [0.25, 0.3) is 0 Å².